The van der Waals surface area contributed by atoms with Crippen molar-refractivity contribution in [3.05, 3.63) is 35.4 Å². The van der Waals surface area contributed by atoms with Gasteiger partial charge in [0.15, 0.2) is 6.10 Å². The molecule has 0 aliphatic rings. The fourth-order valence-corrected chi connectivity index (χ4v) is 2.49. The molecule has 27 heavy (non-hydrogen) atoms. The van der Waals surface area contributed by atoms with Crippen molar-refractivity contribution in [3.8, 4) is 11.8 Å². The Hall–Kier alpha value is -2.28. The van der Waals surface area contributed by atoms with E-state index in [2.05, 4.69) is 39.5 Å². The van der Waals surface area contributed by atoms with Gasteiger partial charge in [-0.1, -0.05) is 52.5 Å². The van der Waals surface area contributed by atoms with Crippen molar-refractivity contribution in [2.45, 2.75) is 66.4 Å². The summed E-state index contributed by atoms with van der Waals surface area (Å²) in [5.74, 6) is 6.02. The number of hydrogen-bond donors (Lipinski definition) is 0. The first kappa shape index (κ1) is 22.8. The van der Waals surface area contributed by atoms with Crippen LogP contribution in [0.5, 0.6) is 0 Å². The van der Waals surface area contributed by atoms with Gasteiger partial charge in [0.25, 0.3) is 0 Å². The zero-order valence-corrected chi connectivity index (χ0v) is 17.2. The van der Waals surface area contributed by atoms with Crippen LogP contribution in [-0.4, -0.2) is 24.6 Å². The van der Waals surface area contributed by atoms with Crippen molar-refractivity contribution in [1.29, 1.82) is 0 Å². The molecular formula is C23H32O4. The van der Waals surface area contributed by atoms with Gasteiger partial charge in [0.1, 0.15) is 0 Å². The summed E-state index contributed by atoms with van der Waals surface area (Å²) in [5.41, 5.74) is 0.688. The second kappa shape index (κ2) is 12.2. The van der Waals surface area contributed by atoms with Crippen LogP contribution in [0, 0.1) is 23.7 Å². The van der Waals surface area contributed by atoms with Crippen LogP contribution in [0.2, 0.25) is 0 Å². The number of rotatable bonds is 9. The van der Waals surface area contributed by atoms with E-state index in [0.717, 1.165) is 12.8 Å². The Morgan fingerprint density at radius 2 is 1.70 bits per heavy atom. The Bertz CT molecular complexity index is 664. The lowest BCUT2D eigenvalue weighted by Gasteiger charge is -2.15. The van der Waals surface area contributed by atoms with E-state index in [1.807, 2.05) is 6.92 Å². The third-order valence-corrected chi connectivity index (χ3v) is 3.87. The van der Waals surface area contributed by atoms with Gasteiger partial charge < -0.3 is 9.47 Å². The maximum atomic E-state index is 12.5. The maximum Gasteiger partial charge on any atom is 0.339 e. The summed E-state index contributed by atoms with van der Waals surface area (Å²) in [6.45, 7) is 10.7. The molecule has 1 aromatic rings. The molecule has 0 aliphatic heterocycles. The fourth-order valence-electron chi connectivity index (χ4n) is 2.49. The summed E-state index contributed by atoms with van der Waals surface area (Å²) >= 11 is 0. The molecular weight excluding hydrogens is 340 g/mol. The summed E-state index contributed by atoms with van der Waals surface area (Å²) in [4.78, 5) is 24.6. The summed E-state index contributed by atoms with van der Waals surface area (Å²) < 4.78 is 10.8. The maximum absolute atomic E-state index is 12.5. The van der Waals surface area contributed by atoms with Crippen LogP contribution in [-0.2, 0) is 9.47 Å². The first-order valence-corrected chi connectivity index (χ1v) is 9.80. The van der Waals surface area contributed by atoms with Crippen LogP contribution in [0.25, 0.3) is 0 Å². The average molecular weight is 373 g/mol. The predicted octanol–water partition coefficient (Wildman–Crippen LogP) is 5.26. The fraction of sp³-hybridized carbons (Fsp3) is 0.565. The molecule has 0 N–H and O–H groups in total. The highest BCUT2D eigenvalue weighted by molar-refractivity contribution is 5.95. The highest BCUT2D eigenvalue weighted by Gasteiger charge is 2.17. The van der Waals surface area contributed by atoms with E-state index in [4.69, 9.17) is 9.47 Å². The van der Waals surface area contributed by atoms with Gasteiger partial charge in [-0.15, -0.1) is 0 Å². The normalized spacial score (nSPS) is 11.7. The number of ether oxygens (including phenoxy) is 2. The Morgan fingerprint density at radius 1 is 1.04 bits per heavy atom. The van der Waals surface area contributed by atoms with E-state index in [1.165, 1.54) is 6.07 Å². The van der Waals surface area contributed by atoms with Crippen molar-refractivity contribution < 1.29 is 19.1 Å². The predicted molar refractivity (Wildman–Crippen MR) is 108 cm³/mol. The quantitative estimate of drug-likeness (QED) is 0.337. The smallest absolute Gasteiger partial charge is 0.339 e. The molecule has 0 bridgehead atoms. The van der Waals surface area contributed by atoms with Crippen molar-refractivity contribution in [3.63, 3.8) is 0 Å². The third-order valence-electron chi connectivity index (χ3n) is 3.87. The summed E-state index contributed by atoms with van der Waals surface area (Å²) in [5, 5.41) is 0. The minimum atomic E-state index is -0.472. The molecule has 0 fully saturated rings. The lowest BCUT2D eigenvalue weighted by atomic mass is 10.1. The van der Waals surface area contributed by atoms with Crippen LogP contribution in [0.4, 0.5) is 0 Å². The molecule has 4 heteroatoms. The Morgan fingerprint density at radius 3 is 2.30 bits per heavy atom. The summed E-state index contributed by atoms with van der Waals surface area (Å²) in [6.07, 6.45) is 2.79. The number of benzene rings is 1. The van der Waals surface area contributed by atoms with Crippen LogP contribution in [0.3, 0.4) is 0 Å². The van der Waals surface area contributed by atoms with E-state index in [9.17, 15) is 9.59 Å². The first-order valence-electron chi connectivity index (χ1n) is 9.80. The SMILES string of the molecule is CCC#CC(CC(C)C)OC(=O)c1cccc(C(=O)OCCCC(C)C)c1. The van der Waals surface area contributed by atoms with Crippen molar-refractivity contribution in [2.24, 2.45) is 11.8 Å². The van der Waals surface area contributed by atoms with Gasteiger partial charge in [0.05, 0.1) is 17.7 Å². The molecule has 0 aromatic heterocycles. The molecule has 0 heterocycles. The highest BCUT2D eigenvalue weighted by atomic mass is 16.5. The number of hydrogen-bond acceptors (Lipinski definition) is 4. The largest absolute Gasteiger partial charge is 0.462 e. The topological polar surface area (TPSA) is 52.6 Å². The zero-order valence-electron chi connectivity index (χ0n) is 17.2. The standard InChI is InChI=1S/C23H32O4/c1-6-7-13-21(15-18(4)5)27-23(25)20-12-8-11-19(16-20)22(24)26-14-9-10-17(2)3/h8,11-12,16-18,21H,6,9-10,14-15H2,1-5H3. The second-order valence-corrected chi connectivity index (χ2v) is 7.45. The lowest BCUT2D eigenvalue weighted by molar-refractivity contribution is 0.0377. The monoisotopic (exact) mass is 372 g/mol. The van der Waals surface area contributed by atoms with Gasteiger partial charge in [0, 0.05) is 6.42 Å². The van der Waals surface area contributed by atoms with Gasteiger partial charge in [-0.25, -0.2) is 9.59 Å². The molecule has 0 aliphatic carbocycles. The second-order valence-electron chi connectivity index (χ2n) is 7.45. The van der Waals surface area contributed by atoms with Gasteiger partial charge in [-0.2, -0.15) is 0 Å². The van der Waals surface area contributed by atoms with Crippen molar-refractivity contribution in [2.75, 3.05) is 6.61 Å². The Balaban J connectivity index is 2.72. The zero-order chi connectivity index (χ0) is 20.2. The molecule has 1 rings (SSSR count). The first-order chi connectivity index (χ1) is 12.8. The minimum Gasteiger partial charge on any atom is -0.462 e. The molecule has 0 amide bonds. The Kier molecular flexibility index (Phi) is 10.3. The van der Waals surface area contributed by atoms with Gasteiger partial charge in [-0.05, 0) is 49.3 Å². The van der Waals surface area contributed by atoms with Crippen LogP contribution in [0.15, 0.2) is 24.3 Å². The van der Waals surface area contributed by atoms with Crippen LogP contribution < -0.4 is 0 Å². The lowest BCUT2D eigenvalue weighted by Crippen LogP contribution is -2.19. The summed E-state index contributed by atoms with van der Waals surface area (Å²) in [7, 11) is 0. The van der Waals surface area contributed by atoms with Gasteiger partial charge in [0.2, 0.25) is 0 Å². The number of carbonyl (C=O) groups is 2. The number of carbonyl (C=O) groups excluding carboxylic acids is 2. The van der Waals surface area contributed by atoms with Gasteiger partial charge >= 0.3 is 11.9 Å². The molecule has 1 atom stereocenters. The van der Waals surface area contributed by atoms with Gasteiger partial charge in [-0.3, -0.25) is 0 Å². The average Bonchev–Trinajstić information content (AvgIpc) is 2.62. The van der Waals surface area contributed by atoms with Crippen molar-refractivity contribution >= 4 is 11.9 Å². The van der Waals surface area contributed by atoms with E-state index >= 15 is 0 Å². The molecule has 1 unspecified atom stereocenters. The van der Waals surface area contributed by atoms with Crippen LogP contribution >= 0.6 is 0 Å². The Labute approximate surface area is 163 Å². The number of esters is 2. The molecule has 0 radical (unpaired) electrons. The molecule has 0 saturated heterocycles. The summed E-state index contributed by atoms with van der Waals surface area (Å²) in [6, 6.07) is 6.46. The molecule has 0 spiro atoms. The van der Waals surface area contributed by atoms with E-state index in [-0.39, 0.29) is 0 Å². The van der Waals surface area contributed by atoms with E-state index in [1.54, 1.807) is 18.2 Å². The third kappa shape index (κ3) is 9.28. The minimum absolute atomic E-state index is 0.332. The van der Waals surface area contributed by atoms with Crippen LogP contribution in [0.1, 0.15) is 81.0 Å². The molecule has 4 nitrogen and oxygen atoms in total. The van der Waals surface area contributed by atoms with Crippen molar-refractivity contribution in [1.82, 2.24) is 0 Å². The van der Waals surface area contributed by atoms with E-state index < -0.39 is 18.0 Å². The highest BCUT2D eigenvalue weighted by Crippen LogP contribution is 2.14. The molecule has 1 aromatic carbocycles. The molecule has 148 valence electrons. The van der Waals surface area contributed by atoms with E-state index in [0.29, 0.717) is 42.4 Å². The molecule has 0 saturated carbocycles.